The van der Waals surface area contributed by atoms with Crippen LogP contribution in [0, 0.1) is 5.92 Å². The third-order valence-corrected chi connectivity index (χ3v) is 4.98. The summed E-state index contributed by atoms with van der Waals surface area (Å²) in [4.78, 5) is 4.88. The van der Waals surface area contributed by atoms with E-state index in [9.17, 15) is 0 Å². The van der Waals surface area contributed by atoms with Gasteiger partial charge in [-0.25, -0.2) is 0 Å². The molecule has 4 heteroatoms. The Labute approximate surface area is 118 Å². The highest BCUT2D eigenvalue weighted by Crippen LogP contribution is 2.34. The Hall–Kier alpha value is -1.16. The number of hydrogen-bond acceptors (Lipinski definition) is 4. The van der Waals surface area contributed by atoms with E-state index >= 15 is 0 Å². The minimum absolute atomic E-state index is 0.545. The van der Waals surface area contributed by atoms with Crippen molar-refractivity contribution in [2.75, 3.05) is 18.2 Å². The van der Waals surface area contributed by atoms with Gasteiger partial charge in [0.05, 0.1) is 13.2 Å². The molecular formula is C15H20N2OS. The van der Waals surface area contributed by atoms with E-state index in [1.165, 1.54) is 31.4 Å². The highest BCUT2D eigenvalue weighted by Gasteiger charge is 2.29. The van der Waals surface area contributed by atoms with Gasteiger partial charge in [-0.1, -0.05) is 30.7 Å². The van der Waals surface area contributed by atoms with Gasteiger partial charge in [-0.3, -0.25) is 4.99 Å². The summed E-state index contributed by atoms with van der Waals surface area (Å²) in [5.74, 6) is 2.89. The second kappa shape index (κ2) is 5.87. The van der Waals surface area contributed by atoms with E-state index in [2.05, 4.69) is 11.4 Å². The molecule has 1 heterocycles. The summed E-state index contributed by atoms with van der Waals surface area (Å²) in [6, 6.07) is 8.56. The summed E-state index contributed by atoms with van der Waals surface area (Å²) in [6.07, 6.45) is 5.33. The van der Waals surface area contributed by atoms with Gasteiger partial charge < -0.3 is 10.1 Å². The van der Waals surface area contributed by atoms with Crippen molar-refractivity contribution in [1.29, 1.82) is 0 Å². The van der Waals surface area contributed by atoms with Crippen LogP contribution in [0.4, 0.5) is 5.69 Å². The zero-order chi connectivity index (χ0) is 13.1. The van der Waals surface area contributed by atoms with Crippen LogP contribution in [0.15, 0.2) is 29.3 Å². The number of hydrogen-bond donors (Lipinski definition) is 1. The van der Waals surface area contributed by atoms with Crippen LogP contribution in [-0.2, 0) is 0 Å². The fourth-order valence-electron chi connectivity index (χ4n) is 2.82. The van der Waals surface area contributed by atoms with Gasteiger partial charge in [-0.05, 0) is 30.9 Å². The number of methoxy groups -OCH3 is 1. The Morgan fingerprint density at radius 3 is 3.11 bits per heavy atom. The molecule has 2 atom stereocenters. The molecule has 2 unspecified atom stereocenters. The molecule has 0 spiro atoms. The van der Waals surface area contributed by atoms with E-state index < -0.39 is 0 Å². The molecule has 1 fully saturated rings. The monoisotopic (exact) mass is 276 g/mol. The van der Waals surface area contributed by atoms with Crippen LogP contribution in [0.25, 0.3) is 0 Å². The summed E-state index contributed by atoms with van der Waals surface area (Å²) >= 11 is 1.86. The third kappa shape index (κ3) is 3.06. The van der Waals surface area contributed by atoms with Crippen LogP contribution in [-0.4, -0.2) is 24.1 Å². The molecule has 1 aromatic rings. The molecule has 0 radical (unpaired) electrons. The van der Waals surface area contributed by atoms with E-state index in [1.54, 1.807) is 7.11 Å². The fourth-order valence-corrected chi connectivity index (χ4v) is 3.98. The summed E-state index contributed by atoms with van der Waals surface area (Å²) in [5, 5.41) is 4.49. The molecule has 1 aliphatic heterocycles. The lowest BCUT2D eigenvalue weighted by Crippen LogP contribution is -2.31. The Balaban J connectivity index is 1.70. The van der Waals surface area contributed by atoms with Gasteiger partial charge >= 0.3 is 0 Å². The number of nitrogens with one attached hydrogen (secondary N) is 1. The van der Waals surface area contributed by atoms with Gasteiger partial charge in [0.15, 0.2) is 5.17 Å². The summed E-state index contributed by atoms with van der Waals surface area (Å²) < 4.78 is 5.24. The maximum Gasteiger partial charge on any atom is 0.161 e. The molecule has 19 heavy (non-hydrogen) atoms. The largest absolute Gasteiger partial charge is 0.497 e. The van der Waals surface area contributed by atoms with Crippen molar-refractivity contribution in [1.82, 2.24) is 0 Å². The first kappa shape index (κ1) is 12.9. The number of nitrogens with zero attached hydrogens (tertiary/aromatic N) is 1. The van der Waals surface area contributed by atoms with Gasteiger partial charge in [-0.2, -0.15) is 0 Å². The number of fused-ring (bicyclic) bond motifs is 1. The second-order valence-electron chi connectivity index (χ2n) is 5.21. The normalized spacial score (nSPS) is 26.3. The Morgan fingerprint density at radius 2 is 2.21 bits per heavy atom. The van der Waals surface area contributed by atoms with Crippen molar-refractivity contribution in [3.63, 3.8) is 0 Å². The first-order valence-corrected chi connectivity index (χ1v) is 7.95. The molecule has 3 rings (SSSR count). The summed E-state index contributed by atoms with van der Waals surface area (Å²) in [7, 11) is 1.69. The summed E-state index contributed by atoms with van der Waals surface area (Å²) in [5.41, 5.74) is 1.06. The van der Waals surface area contributed by atoms with Crippen LogP contribution in [0.3, 0.4) is 0 Å². The number of thioether (sulfide) groups is 1. The van der Waals surface area contributed by atoms with E-state index in [0.717, 1.165) is 22.5 Å². The Bertz CT molecular complexity index is 475. The first-order valence-electron chi connectivity index (χ1n) is 6.97. The second-order valence-corrected chi connectivity index (χ2v) is 6.22. The lowest BCUT2D eigenvalue weighted by molar-refractivity contribution is 0.336. The zero-order valence-electron chi connectivity index (χ0n) is 11.3. The standard InChI is InChI=1S/C15H20N2OS/c1-18-13-7-4-6-12(9-13)16-15-17-14-8-3-2-5-11(14)10-19-15/h4,6-7,9,11,14H,2-3,5,8,10H2,1H3,(H,16,17). The number of rotatable bonds is 2. The maximum absolute atomic E-state index is 5.24. The molecule has 102 valence electrons. The lowest BCUT2D eigenvalue weighted by atomic mass is 9.86. The number of amidine groups is 1. The zero-order valence-corrected chi connectivity index (χ0v) is 12.1. The molecule has 3 nitrogen and oxygen atoms in total. The van der Waals surface area contributed by atoms with Gasteiger partial charge in [-0.15, -0.1) is 0 Å². The molecule has 0 amide bonds. The van der Waals surface area contributed by atoms with E-state index in [-0.39, 0.29) is 0 Å². The van der Waals surface area contributed by atoms with Crippen molar-refractivity contribution < 1.29 is 4.74 Å². The maximum atomic E-state index is 5.24. The minimum Gasteiger partial charge on any atom is -0.497 e. The van der Waals surface area contributed by atoms with E-state index in [4.69, 9.17) is 9.73 Å². The molecule has 0 aromatic heterocycles. The fraction of sp³-hybridized carbons (Fsp3) is 0.533. The van der Waals surface area contributed by atoms with Crippen molar-refractivity contribution >= 4 is 22.6 Å². The molecule has 0 saturated heterocycles. The molecular weight excluding hydrogens is 256 g/mol. The Kier molecular flexibility index (Phi) is 3.97. The van der Waals surface area contributed by atoms with Gasteiger partial charge in [0.25, 0.3) is 0 Å². The van der Waals surface area contributed by atoms with Gasteiger partial charge in [0.2, 0.25) is 0 Å². The quantitative estimate of drug-likeness (QED) is 0.892. The predicted molar refractivity (Wildman–Crippen MR) is 82.3 cm³/mol. The van der Waals surface area contributed by atoms with Crippen molar-refractivity contribution in [2.24, 2.45) is 10.9 Å². The molecule has 1 aliphatic carbocycles. The van der Waals surface area contributed by atoms with Crippen molar-refractivity contribution in [3.8, 4) is 5.75 Å². The topological polar surface area (TPSA) is 33.6 Å². The molecule has 2 aliphatic rings. The highest BCUT2D eigenvalue weighted by atomic mass is 32.2. The van der Waals surface area contributed by atoms with Crippen molar-refractivity contribution in [3.05, 3.63) is 24.3 Å². The highest BCUT2D eigenvalue weighted by molar-refractivity contribution is 8.14. The molecule has 1 N–H and O–H groups in total. The average Bonchev–Trinajstić information content (AvgIpc) is 2.47. The third-order valence-electron chi connectivity index (χ3n) is 3.91. The number of benzene rings is 1. The SMILES string of the molecule is COc1cccc(NC2=NC3CCCCC3CS2)c1. The average molecular weight is 276 g/mol. The van der Waals surface area contributed by atoms with Crippen LogP contribution < -0.4 is 10.1 Å². The number of anilines is 1. The van der Waals surface area contributed by atoms with Crippen LogP contribution >= 0.6 is 11.8 Å². The number of ether oxygens (including phenoxy) is 1. The van der Waals surface area contributed by atoms with Crippen molar-refractivity contribution in [2.45, 2.75) is 31.7 Å². The van der Waals surface area contributed by atoms with Crippen LogP contribution in [0.2, 0.25) is 0 Å². The van der Waals surface area contributed by atoms with E-state index in [0.29, 0.717) is 6.04 Å². The smallest absolute Gasteiger partial charge is 0.161 e. The van der Waals surface area contributed by atoms with Crippen LogP contribution in [0.1, 0.15) is 25.7 Å². The van der Waals surface area contributed by atoms with Crippen LogP contribution in [0.5, 0.6) is 5.75 Å². The Morgan fingerprint density at radius 1 is 1.32 bits per heavy atom. The predicted octanol–water partition coefficient (Wildman–Crippen LogP) is 3.77. The molecule has 1 saturated carbocycles. The molecule has 1 aromatic carbocycles. The summed E-state index contributed by atoms with van der Waals surface area (Å²) in [6.45, 7) is 0. The van der Waals surface area contributed by atoms with Gasteiger partial charge in [0, 0.05) is 17.5 Å². The lowest BCUT2D eigenvalue weighted by Gasteiger charge is -2.32. The van der Waals surface area contributed by atoms with Gasteiger partial charge in [0.1, 0.15) is 5.75 Å². The van der Waals surface area contributed by atoms with E-state index in [1.807, 2.05) is 30.0 Å². The first-order chi connectivity index (χ1) is 9.35. The minimum atomic E-state index is 0.545. The number of aliphatic imine (C=N–C) groups is 1. The molecule has 0 bridgehead atoms.